The van der Waals surface area contributed by atoms with E-state index in [4.69, 9.17) is 20.9 Å². The van der Waals surface area contributed by atoms with Gasteiger partial charge in [0.25, 0.3) is 5.91 Å². The molecule has 0 saturated carbocycles. The minimum atomic E-state index is -0.546. The second kappa shape index (κ2) is 5.66. The van der Waals surface area contributed by atoms with Gasteiger partial charge in [-0.3, -0.25) is 10.1 Å². The average molecular weight is 283 g/mol. The van der Waals surface area contributed by atoms with E-state index in [1.165, 1.54) is 6.07 Å². The molecule has 2 rings (SSSR count). The van der Waals surface area contributed by atoms with Gasteiger partial charge in [-0.1, -0.05) is 16.8 Å². The zero-order valence-electron chi connectivity index (χ0n) is 10.3. The molecular formula is C11H11ClN4O3. The lowest BCUT2D eigenvalue weighted by Crippen LogP contribution is -2.15. The highest BCUT2D eigenvalue weighted by Crippen LogP contribution is 2.19. The molecule has 1 N–H and O–H groups in total. The molecule has 0 aliphatic rings. The van der Waals surface area contributed by atoms with Gasteiger partial charge in [0.05, 0.1) is 11.6 Å². The number of nitrogens with zero attached hydrogens (tertiary/aromatic N) is 3. The van der Waals surface area contributed by atoms with Gasteiger partial charge in [-0.2, -0.15) is 4.98 Å². The van der Waals surface area contributed by atoms with Crippen LogP contribution in [0.4, 0.5) is 6.01 Å². The van der Waals surface area contributed by atoms with Crippen LogP contribution in [0.25, 0.3) is 0 Å². The van der Waals surface area contributed by atoms with Gasteiger partial charge < -0.3 is 9.26 Å². The monoisotopic (exact) mass is 282 g/mol. The van der Waals surface area contributed by atoms with Gasteiger partial charge in [0.1, 0.15) is 0 Å². The number of anilines is 1. The van der Waals surface area contributed by atoms with Crippen LogP contribution in [0, 0.1) is 6.92 Å². The summed E-state index contributed by atoms with van der Waals surface area (Å²) in [6, 6.07) is 3.11. The fourth-order valence-corrected chi connectivity index (χ4v) is 1.51. The SMILES string of the molecule is CCOc1ccc(Cl)c(C(=O)Nc2nc(C)no2)n1. The van der Waals surface area contributed by atoms with E-state index in [9.17, 15) is 4.79 Å². The van der Waals surface area contributed by atoms with Crippen LogP contribution in [-0.2, 0) is 0 Å². The number of rotatable bonds is 4. The minimum Gasteiger partial charge on any atom is -0.478 e. The van der Waals surface area contributed by atoms with Crippen molar-refractivity contribution in [3.05, 3.63) is 28.7 Å². The average Bonchev–Trinajstić information content (AvgIpc) is 2.77. The standard InChI is InChI=1S/C11H11ClN4O3/c1-3-18-8-5-4-7(12)9(14-8)10(17)15-11-13-6(2)16-19-11/h4-5H,3H2,1-2H3,(H,13,15,16,17). The van der Waals surface area contributed by atoms with Gasteiger partial charge in [0.15, 0.2) is 11.5 Å². The summed E-state index contributed by atoms with van der Waals surface area (Å²) >= 11 is 5.92. The smallest absolute Gasteiger partial charge is 0.328 e. The van der Waals surface area contributed by atoms with E-state index in [0.717, 1.165) is 0 Å². The van der Waals surface area contributed by atoms with Crippen molar-refractivity contribution in [3.63, 3.8) is 0 Å². The number of halogens is 1. The maximum absolute atomic E-state index is 12.0. The Bertz CT molecular complexity index is 599. The normalized spacial score (nSPS) is 10.3. The summed E-state index contributed by atoms with van der Waals surface area (Å²) in [7, 11) is 0. The molecule has 2 heterocycles. The fourth-order valence-electron chi connectivity index (χ4n) is 1.32. The molecule has 0 spiro atoms. The summed E-state index contributed by atoms with van der Waals surface area (Å²) in [5.74, 6) is 0.186. The Hall–Kier alpha value is -2.15. The zero-order chi connectivity index (χ0) is 13.8. The Morgan fingerprint density at radius 1 is 1.47 bits per heavy atom. The number of pyridine rings is 1. The molecule has 2 aromatic heterocycles. The van der Waals surface area contributed by atoms with Crippen LogP contribution in [0.2, 0.25) is 5.02 Å². The van der Waals surface area contributed by atoms with Gasteiger partial charge >= 0.3 is 6.01 Å². The van der Waals surface area contributed by atoms with Crippen LogP contribution < -0.4 is 10.1 Å². The molecule has 0 bridgehead atoms. The maximum atomic E-state index is 12.0. The van der Waals surface area contributed by atoms with E-state index >= 15 is 0 Å². The summed E-state index contributed by atoms with van der Waals surface area (Å²) in [6.07, 6.45) is 0. The van der Waals surface area contributed by atoms with Crippen LogP contribution in [0.3, 0.4) is 0 Å². The van der Waals surface area contributed by atoms with E-state index < -0.39 is 5.91 Å². The van der Waals surface area contributed by atoms with Crippen LogP contribution in [0.1, 0.15) is 23.2 Å². The second-order valence-corrected chi connectivity index (χ2v) is 3.92. The molecule has 8 heteroatoms. The van der Waals surface area contributed by atoms with Crippen molar-refractivity contribution in [2.75, 3.05) is 11.9 Å². The molecule has 0 aliphatic carbocycles. The first-order valence-corrected chi connectivity index (χ1v) is 5.89. The molecule has 2 aromatic rings. The van der Waals surface area contributed by atoms with E-state index in [-0.39, 0.29) is 16.7 Å². The lowest BCUT2D eigenvalue weighted by molar-refractivity contribution is 0.101. The summed E-state index contributed by atoms with van der Waals surface area (Å²) in [6.45, 7) is 3.90. The maximum Gasteiger partial charge on any atom is 0.328 e. The quantitative estimate of drug-likeness (QED) is 0.923. The summed E-state index contributed by atoms with van der Waals surface area (Å²) in [4.78, 5) is 19.8. The predicted molar refractivity (Wildman–Crippen MR) is 67.4 cm³/mol. The Morgan fingerprint density at radius 2 is 2.26 bits per heavy atom. The van der Waals surface area contributed by atoms with E-state index in [1.54, 1.807) is 13.0 Å². The number of hydrogen-bond acceptors (Lipinski definition) is 6. The Labute approximate surface area is 113 Å². The number of nitrogens with one attached hydrogen (secondary N) is 1. The topological polar surface area (TPSA) is 90.1 Å². The van der Waals surface area contributed by atoms with Crippen molar-refractivity contribution in [2.24, 2.45) is 0 Å². The van der Waals surface area contributed by atoms with Crippen molar-refractivity contribution >= 4 is 23.5 Å². The molecule has 0 fully saturated rings. The van der Waals surface area contributed by atoms with Crippen molar-refractivity contribution < 1.29 is 14.1 Å². The largest absolute Gasteiger partial charge is 0.478 e. The van der Waals surface area contributed by atoms with Gasteiger partial charge in [-0.25, -0.2) is 4.98 Å². The van der Waals surface area contributed by atoms with Gasteiger partial charge in [-0.05, 0) is 19.9 Å². The van der Waals surface area contributed by atoms with E-state index in [0.29, 0.717) is 18.3 Å². The third kappa shape index (κ3) is 3.19. The van der Waals surface area contributed by atoms with Gasteiger partial charge in [0, 0.05) is 6.07 Å². The lowest BCUT2D eigenvalue weighted by atomic mass is 10.3. The molecule has 0 atom stereocenters. The van der Waals surface area contributed by atoms with Crippen LogP contribution in [0.5, 0.6) is 5.88 Å². The summed E-state index contributed by atoms with van der Waals surface area (Å²) < 4.78 is 9.98. The molecule has 7 nitrogen and oxygen atoms in total. The predicted octanol–water partition coefficient (Wildman–Crippen LogP) is 2.08. The molecule has 1 amide bonds. The molecule has 0 radical (unpaired) electrons. The fraction of sp³-hybridized carbons (Fsp3) is 0.273. The first-order valence-electron chi connectivity index (χ1n) is 5.51. The lowest BCUT2D eigenvalue weighted by Gasteiger charge is -2.06. The van der Waals surface area contributed by atoms with Crippen LogP contribution >= 0.6 is 11.6 Å². The van der Waals surface area contributed by atoms with Crippen molar-refractivity contribution in [1.29, 1.82) is 0 Å². The summed E-state index contributed by atoms with van der Waals surface area (Å²) in [5.41, 5.74) is 0.0310. The number of carbonyl (C=O) groups excluding carboxylic acids is 1. The van der Waals surface area contributed by atoms with Crippen molar-refractivity contribution in [3.8, 4) is 5.88 Å². The molecule has 0 aliphatic heterocycles. The number of amides is 1. The number of carbonyl (C=O) groups is 1. The van der Waals surface area contributed by atoms with Crippen molar-refractivity contribution in [2.45, 2.75) is 13.8 Å². The first kappa shape index (κ1) is 13.3. The zero-order valence-corrected chi connectivity index (χ0v) is 11.1. The van der Waals surface area contributed by atoms with E-state index in [2.05, 4.69) is 20.4 Å². The number of hydrogen-bond donors (Lipinski definition) is 1. The molecular weight excluding hydrogens is 272 g/mol. The van der Waals surface area contributed by atoms with Gasteiger partial charge in [0.2, 0.25) is 5.88 Å². The van der Waals surface area contributed by atoms with Crippen LogP contribution in [0.15, 0.2) is 16.7 Å². The van der Waals surface area contributed by atoms with Crippen molar-refractivity contribution in [1.82, 2.24) is 15.1 Å². The second-order valence-electron chi connectivity index (χ2n) is 3.51. The number of aromatic nitrogens is 3. The molecule has 0 aromatic carbocycles. The number of ether oxygens (including phenoxy) is 1. The third-order valence-corrected chi connectivity index (χ3v) is 2.38. The summed E-state index contributed by atoms with van der Waals surface area (Å²) in [5, 5.41) is 6.17. The molecule has 0 unspecified atom stereocenters. The third-order valence-electron chi connectivity index (χ3n) is 2.08. The van der Waals surface area contributed by atoms with Crippen LogP contribution in [-0.4, -0.2) is 27.6 Å². The molecule has 19 heavy (non-hydrogen) atoms. The minimum absolute atomic E-state index is 0.0119. The Balaban J connectivity index is 2.20. The Kier molecular flexibility index (Phi) is 3.96. The molecule has 100 valence electrons. The Morgan fingerprint density at radius 3 is 2.89 bits per heavy atom. The highest BCUT2D eigenvalue weighted by molar-refractivity contribution is 6.34. The van der Waals surface area contributed by atoms with E-state index in [1.807, 2.05) is 6.92 Å². The highest BCUT2D eigenvalue weighted by atomic mass is 35.5. The van der Waals surface area contributed by atoms with Gasteiger partial charge in [-0.15, -0.1) is 0 Å². The molecule has 0 saturated heterocycles. The highest BCUT2D eigenvalue weighted by Gasteiger charge is 2.16. The first-order chi connectivity index (χ1) is 9.10. The number of aryl methyl sites for hydroxylation is 1.